The van der Waals surface area contributed by atoms with Gasteiger partial charge in [-0.1, -0.05) is 19.1 Å². The molecule has 1 N–H and O–H groups in total. The largest absolute Gasteiger partial charge is 0.372 e. The smallest absolute Gasteiger partial charge is 0.250 e. The van der Waals surface area contributed by atoms with Gasteiger partial charge < -0.3 is 10.1 Å². The number of rotatable bonds is 5. The van der Waals surface area contributed by atoms with Crippen LogP contribution in [0.4, 0.5) is 5.69 Å². The minimum atomic E-state index is -0.139. The lowest BCUT2D eigenvalue weighted by molar-refractivity contribution is -0.120. The number of nitrogens with one attached hydrogen (secondary N) is 1. The van der Waals surface area contributed by atoms with Gasteiger partial charge in [0, 0.05) is 24.4 Å². The highest BCUT2D eigenvalue weighted by Crippen LogP contribution is 2.21. The monoisotopic (exact) mass is 244 g/mol. The Morgan fingerprint density at radius 1 is 1.39 bits per heavy atom. The van der Waals surface area contributed by atoms with Crippen LogP contribution < -0.4 is 5.32 Å². The zero-order chi connectivity index (χ0) is 12.8. The van der Waals surface area contributed by atoms with Crippen LogP contribution >= 0.6 is 0 Å². The van der Waals surface area contributed by atoms with E-state index < -0.39 is 0 Å². The molecule has 0 unspecified atom stereocenters. The van der Waals surface area contributed by atoms with Gasteiger partial charge in [0.2, 0.25) is 5.91 Å². The number of fused-ring (bicyclic) bond motifs is 1. The van der Waals surface area contributed by atoms with Crippen LogP contribution in [0.3, 0.4) is 0 Å². The third kappa shape index (κ3) is 3.05. The fourth-order valence-corrected chi connectivity index (χ4v) is 1.72. The van der Waals surface area contributed by atoms with E-state index in [9.17, 15) is 4.79 Å². The first-order valence-electron chi connectivity index (χ1n) is 6.01. The summed E-state index contributed by atoms with van der Waals surface area (Å²) < 4.78 is 5.20. The Labute approximate surface area is 106 Å². The number of carbonyl (C=O) groups is 1. The predicted octanol–water partition coefficient (Wildman–Crippen LogP) is 2.60. The van der Waals surface area contributed by atoms with E-state index in [2.05, 4.69) is 10.3 Å². The number of benzene rings is 1. The molecule has 1 heterocycles. The van der Waals surface area contributed by atoms with Crippen molar-refractivity contribution < 1.29 is 9.53 Å². The minimum Gasteiger partial charge on any atom is -0.372 e. The van der Waals surface area contributed by atoms with Crippen molar-refractivity contribution in [3.05, 3.63) is 36.7 Å². The van der Waals surface area contributed by atoms with Crippen molar-refractivity contribution in [1.82, 2.24) is 4.98 Å². The molecular weight excluding hydrogens is 228 g/mol. The van der Waals surface area contributed by atoms with Gasteiger partial charge in [-0.3, -0.25) is 9.78 Å². The lowest BCUT2D eigenvalue weighted by Crippen LogP contribution is -2.18. The van der Waals surface area contributed by atoms with Gasteiger partial charge >= 0.3 is 0 Å². The van der Waals surface area contributed by atoms with Crippen LogP contribution in [0.5, 0.6) is 0 Å². The first-order chi connectivity index (χ1) is 8.81. The molecule has 1 amide bonds. The van der Waals surface area contributed by atoms with Crippen LogP contribution in [0.1, 0.15) is 13.3 Å². The van der Waals surface area contributed by atoms with Crippen LogP contribution in [-0.4, -0.2) is 24.1 Å². The van der Waals surface area contributed by atoms with Crippen molar-refractivity contribution in [3.63, 3.8) is 0 Å². The van der Waals surface area contributed by atoms with Crippen molar-refractivity contribution in [3.8, 4) is 0 Å². The fraction of sp³-hybridized carbons (Fsp3) is 0.286. The highest BCUT2D eigenvalue weighted by atomic mass is 16.5. The van der Waals surface area contributed by atoms with Gasteiger partial charge in [0.05, 0.1) is 5.69 Å². The van der Waals surface area contributed by atoms with Crippen molar-refractivity contribution in [1.29, 1.82) is 0 Å². The zero-order valence-electron chi connectivity index (χ0n) is 10.3. The molecule has 4 nitrogen and oxygen atoms in total. The third-order valence-electron chi connectivity index (χ3n) is 2.54. The highest BCUT2D eigenvalue weighted by molar-refractivity contribution is 6.02. The average molecular weight is 244 g/mol. The van der Waals surface area contributed by atoms with Gasteiger partial charge in [0.1, 0.15) is 6.61 Å². The summed E-state index contributed by atoms with van der Waals surface area (Å²) in [4.78, 5) is 15.7. The van der Waals surface area contributed by atoms with Gasteiger partial charge in [0.25, 0.3) is 0 Å². The first-order valence-corrected chi connectivity index (χ1v) is 6.01. The second kappa shape index (κ2) is 6.12. The molecule has 0 aliphatic rings. The number of amides is 1. The lowest BCUT2D eigenvalue weighted by atomic mass is 10.1. The summed E-state index contributed by atoms with van der Waals surface area (Å²) in [6.07, 6.45) is 4.39. The lowest BCUT2D eigenvalue weighted by Gasteiger charge is -2.08. The molecule has 0 fully saturated rings. The van der Waals surface area contributed by atoms with E-state index in [4.69, 9.17) is 4.74 Å². The first kappa shape index (κ1) is 12.5. The van der Waals surface area contributed by atoms with Gasteiger partial charge in [-0.05, 0) is 23.9 Å². The molecule has 0 bridgehead atoms. The van der Waals surface area contributed by atoms with Gasteiger partial charge in [-0.2, -0.15) is 0 Å². The summed E-state index contributed by atoms with van der Waals surface area (Å²) in [6, 6.07) is 7.67. The molecule has 2 rings (SSSR count). The molecule has 0 atom stereocenters. The Bertz CT molecular complexity index is 535. The molecule has 4 heteroatoms. The van der Waals surface area contributed by atoms with Crippen molar-refractivity contribution in [2.75, 3.05) is 18.5 Å². The summed E-state index contributed by atoms with van der Waals surface area (Å²) in [7, 11) is 0. The number of ether oxygens (including phenoxy) is 1. The number of pyridine rings is 1. The number of carbonyl (C=O) groups excluding carboxylic acids is 1. The predicted molar refractivity (Wildman–Crippen MR) is 71.5 cm³/mol. The molecule has 0 spiro atoms. The summed E-state index contributed by atoms with van der Waals surface area (Å²) in [6.45, 7) is 2.70. The van der Waals surface area contributed by atoms with E-state index in [-0.39, 0.29) is 12.5 Å². The Morgan fingerprint density at radius 3 is 3.11 bits per heavy atom. The molecular formula is C14H16N2O2. The fourth-order valence-electron chi connectivity index (χ4n) is 1.72. The normalized spacial score (nSPS) is 10.5. The molecule has 18 heavy (non-hydrogen) atoms. The number of anilines is 1. The van der Waals surface area contributed by atoms with E-state index in [1.807, 2.05) is 31.2 Å². The van der Waals surface area contributed by atoms with Gasteiger partial charge in [-0.15, -0.1) is 0 Å². The maximum atomic E-state index is 11.7. The summed E-state index contributed by atoms with van der Waals surface area (Å²) in [5.41, 5.74) is 0.769. The van der Waals surface area contributed by atoms with Crippen molar-refractivity contribution in [2.45, 2.75) is 13.3 Å². The standard InChI is InChI=1S/C14H16N2O2/c1-2-8-18-10-14(17)16-13-5-3-4-11-6-7-15-9-12(11)13/h3-7,9H,2,8,10H2,1H3,(H,16,17). The maximum Gasteiger partial charge on any atom is 0.250 e. The third-order valence-corrected chi connectivity index (χ3v) is 2.54. The minimum absolute atomic E-state index is 0.0878. The number of nitrogens with zero attached hydrogens (tertiary/aromatic N) is 1. The van der Waals surface area contributed by atoms with Crippen LogP contribution in [0.2, 0.25) is 0 Å². The Kier molecular flexibility index (Phi) is 4.25. The summed E-state index contributed by atoms with van der Waals surface area (Å²) in [5.74, 6) is -0.139. The van der Waals surface area contributed by atoms with Crippen molar-refractivity contribution in [2.24, 2.45) is 0 Å². The van der Waals surface area contributed by atoms with E-state index >= 15 is 0 Å². The van der Waals surface area contributed by atoms with Crippen LogP contribution in [0.15, 0.2) is 36.7 Å². The summed E-state index contributed by atoms with van der Waals surface area (Å²) in [5, 5.41) is 4.83. The van der Waals surface area contributed by atoms with E-state index in [1.165, 1.54) is 0 Å². The number of aromatic nitrogens is 1. The SMILES string of the molecule is CCCOCC(=O)Nc1cccc2ccncc12. The van der Waals surface area contributed by atoms with Gasteiger partial charge in [0.15, 0.2) is 0 Å². The molecule has 0 saturated heterocycles. The molecule has 1 aromatic carbocycles. The molecule has 94 valence electrons. The Morgan fingerprint density at radius 2 is 2.28 bits per heavy atom. The van der Waals surface area contributed by atoms with Crippen LogP contribution in [0, 0.1) is 0 Å². The number of hydrogen-bond donors (Lipinski definition) is 1. The second-order valence-electron chi connectivity index (χ2n) is 4.00. The molecule has 0 radical (unpaired) electrons. The quantitative estimate of drug-likeness (QED) is 0.822. The topological polar surface area (TPSA) is 51.2 Å². The van der Waals surface area contributed by atoms with Crippen molar-refractivity contribution >= 4 is 22.4 Å². The molecule has 0 aliphatic carbocycles. The Hall–Kier alpha value is -1.94. The summed E-state index contributed by atoms with van der Waals surface area (Å²) >= 11 is 0. The average Bonchev–Trinajstić information content (AvgIpc) is 2.39. The van der Waals surface area contributed by atoms with E-state index in [1.54, 1.807) is 12.4 Å². The molecule has 2 aromatic rings. The molecule has 0 saturated carbocycles. The van der Waals surface area contributed by atoms with Crippen LogP contribution in [0.25, 0.3) is 10.8 Å². The van der Waals surface area contributed by atoms with Crippen LogP contribution in [-0.2, 0) is 9.53 Å². The second-order valence-corrected chi connectivity index (χ2v) is 4.00. The molecule has 1 aromatic heterocycles. The van der Waals surface area contributed by atoms with Gasteiger partial charge in [-0.25, -0.2) is 0 Å². The maximum absolute atomic E-state index is 11.7. The van der Waals surface area contributed by atoms with E-state index in [0.717, 1.165) is 22.9 Å². The van der Waals surface area contributed by atoms with E-state index in [0.29, 0.717) is 6.61 Å². The Balaban J connectivity index is 2.09. The highest BCUT2D eigenvalue weighted by Gasteiger charge is 2.05. The number of hydrogen-bond acceptors (Lipinski definition) is 3. The zero-order valence-corrected chi connectivity index (χ0v) is 10.3. The molecule has 0 aliphatic heterocycles.